The first kappa shape index (κ1) is 22.9. The van der Waals surface area contributed by atoms with Gasteiger partial charge in [-0.15, -0.1) is 0 Å². The Morgan fingerprint density at radius 1 is 1.32 bits per heavy atom. The minimum absolute atomic E-state index is 0.0233. The third-order valence-corrected chi connectivity index (χ3v) is 5.61. The number of likely N-dealkylation sites (tertiary alicyclic amines) is 1. The number of benzene rings is 1. The van der Waals surface area contributed by atoms with Crippen LogP contribution in [0.5, 0.6) is 0 Å². The highest BCUT2D eigenvalue weighted by atomic mass is 16.3. The van der Waals surface area contributed by atoms with E-state index < -0.39 is 0 Å². The summed E-state index contributed by atoms with van der Waals surface area (Å²) in [5.74, 6) is 2.33. The molecule has 1 saturated heterocycles. The van der Waals surface area contributed by atoms with Crippen LogP contribution in [0.4, 0.5) is 0 Å². The summed E-state index contributed by atoms with van der Waals surface area (Å²) in [6.45, 7) is 10.0. The Morgan fingerprint density at radius 3 is 2.84 bits per heavy atom. The second kappa shape index (κ2) is 11.0. The molecule has 7 nitrogen and oxygen atoms in total. The number of hydrogen-bond donors (Lipinski definition) is 3. The molecule has 2 atom stereocenters. The van der Waals surface area contributed by atoms with Crippen molar-refractivity contribution in [2.75, 3.05) is 19.6 Å². The van der Waals surface area contributed by atoms with Crippen molar-refractivity contribution >= 4 is 11.9 Å². The molecule has 2 unspecified atom stereocenters. The molecule has 0 aliphatic carbocycles. The summed E-state index contributed by atoms with van der Waals surface area (Å²) in [5, 5.41) is 6.71. The van der Waals surface area contributed by atoms with Crippen LogP contribution in [0.25, 0.3) is 0 Å². The van der Waals surface area contributed by atoms with E-state index in [-0.39, 0.29) is 17.9 Å². The van der Waals surface area contributed by atoms with Crippen LogP contribution in [0, 0.1) is 12.8 Å². The number of guanidine groups is 1. The smallest absolute Gasteiger partial charge is 0.221 e. The molecule has 1 fully saturated rings. The lowest BCUT2D eigenvalue weighted by atomic mass is 9.97. The van der Waals surface area contributed by atoms with Gasteiger partial charge in [0.2, 0.25) is 5.91 Å². The largest absolute Gasteiger partial charge is 0.464 e. The van der Waals surface area contributed by atoms with Gasteiger partial charge in [-0.05, 0) is 63.4 Å². The molecule has 168 valence electrons. The number of amides is 1. The molecule has 1 aromatic heterocycles. The van der Waals surface area contributed by atoms with Gasteiger partial charge in [-0.3, -0.25) is 9.69 Å². The first-order valence-corrected chi connectivity index (χ1v) is 11.1. The predicted molar refractivity (Wildman–Crippen MR) is 123 cm³/mol. The van der Waals surface area contributed by atoms with E-state index in [1.165, 1.54) is 5.56 Å². The predicted octanol–water partition coefficient (Wildman–Crippen LogP) is 3.10. The molecule has 0 radical (unpaired) electrons. The number of rotatable bonds is 8. The van der Waals surface area contributed by atoms with Gasteiger partial charge in [-0.1, -0.05) is 24.3 Å². The Morgan fingerprint density at radius 2 is 2.13 bits per heavy atom. The van der Waals surface area contributed by atoms with Gasteiger partial charge in [-0.2, -0.15) is 0 Å². The van der Waals surface area contributed by atoms with Crippen molar-refractivity contribution in [3.8, 4) is 0 Å². The highest BCUT2D eigenvalue weighted by molar-refractivity contribution is 5.80. The van der Waals surface area contributed by atoms with Crippen LogP contribution in [0.15, 0.2) is 45.8 Å². The molecule has 2 heterocycles. The molecule has 2 aromatic rings. The third-order valence-electron chi connectivity index (χ3n) is 5.61. The van der Waals surface area contributed by atoms with Crippen molar-refractivity contribution in [3.63, 3.8) is 0 Å². The van der Waals surface area contributed by atoms with Crippen LogP contribution in [-0.2, 0) is 17.9 Å². The number of nitrogens with zero attached hydrogens (tertiary/aromatic N) is 2. The van der Waals surface area contributed by atoms with Gasteiger partial charge in [0.05, 0.1) is 18.5 Å². The number of nitrogens with one attached hydrogen (secondary N) is 2. The quantitative estimate of drug-likeness (QED) is 0.446. The van der Waals surface area contributed by atoms with E-state index in [1.807, 2.05) is 19.1 Å². The lowest BCUT2D eigenvalue weighted by molar-refractivity contribution is -0.123. The SMILES string of the molecule is CCNC(=NCc1cccc(CN2CCCC(C(N)=O)C2)c1)NC(C)c1ccc(C)o1. The molecular weight excluding hydrogens is 390 g/mol. The van der Waals surface area contributed by atoms with Crippen LogP contribution >= 0.6 is 0 Å². The number of piperidine rings is 1. The van der Waals surface area contributed by atoms with Crippen molar-refractivity contribution in [2.45, 2.75) is 52.7 Å². The van der Waals surface area contributed by atoms with Gasteiger partial charge in [0.15, 0.2) is 5.96 Å². The molecular formula is C24H35N5O2. The monoisotopic (exact) mass is 425 g/mol. The number of aliphatic imine (C=N–C) groups is 1. The maximum Gasteiger partial charge on any atom is 0.221 e. The summed E-state index contributed by atoms with van der Waals surface area (Å²) in [5.41, 5.74) is 7.90. The molecule has 7 heteroatoms. The third kappa shape index (κ3) is 6.85. The van der Waals surface area contributed by atoms with Crippen LogP contribution in [0.2, 0.25) is 0 Å². The van der Waals surface area contributed by atoms with E-state index in [9.17, 15) is 4.79 Å². The van der Waals surface area contributed by atoms with E-state index in [1.54, 1.807) is 0 Å². The number of furan rings is 1. The number of aryl methyl sites for hydroxylation is 1. The van der Waals surface area contributed by atoms with Crippen LogP contribution < -0.4 is 16.4 Å². The van der Waals surface area contributed by atoms with Gasteiger partial charge in [0.25, 0.3) is 0 Å². The number of carbonyl (C=O) groups excluding carboxylic acids is 1. The second-order valence-corrected chi connectivity index (χ2v) is 8.31. The van der Waals surface area contributed by atoms with Gasteiger partial charge < -0.3 is 20.8 Å². The van der Waals surface area contributed by atoms with Crippen molar-refractivity contribution in [3.05, 3.63) is 59.0 Å². The minimum atomic E-state index is -0.185. The van der Waals surface area contributed by atoms with Crippen molar-refractivity contribution in [1.82, 2.24) is 15.5 Å². The number of hydrogen-bond acceptors (Lipinski definition) is 4. The highest BCUT2D eigenvalue weighted by Crippen LogP contribution is 2.19. The summed E-state index contributed by atoms with van der Waals surface area (Å²) in [7, 11) is 0. The number of carbonyl (C=O) groups is 1. The zero-order chi connectivity index (χ0) is 22.2. The zero-order valence-electron chi connectivity index (χ0n) is 18.9. The van der Waals surface area contributed by atoms with Crippen molar-refractivity contribution < 1.29 is 9.21 Å². The average molecular weight is 426 g/mol. The van der Waals surface area contributed by atoms with Gasteiger partial charge >= 0.3 is 0 Å². The lowest BCUT2D eigenvalue weighted by Gasteiger charge is -2.31. The molecule has 0 spiro atoms. The summed E-state index contributed by atoms with van der Waals surface area (Å²) in [6.07, 6.45) is 1.92. The molecule has 1 aliphatic heterocycles. The fraction of sp³-hybridized carbons (Fsp3) is 0.500. The van der Waals surface area contributed by atoms with E-state index in [2.05, 4.69) is 53.6 Å². The first-order chi connectivity index (χ1) is 14.9. The van der Waals surface area contributed by atoms with E-state index in [0.29, 0.717) is 6.54 Å². The summed E-state index contributed by atoms with van der Waals surface area (Å²) < 4.78 is 5.72. The Bertz CT molecular complexity index is 892. The maximum atomic E-state index is 11.5. The average Bonchev–Trinajstić information content (AvgIpc) is 3.19. The molecule has 1 aliphatic rings. The Kier molecular flexibility index (Phi) is 8.12. The van der Waals surface area contributed by atoms with E-state index in [0.717, 1.165) is 62.1 Å². The van der Waals surface area contributed by atoms with E-state index >= 15 is 0 Å². The number of primary amides is 1. The summed E-state index contributed by atoms with van der Waals surface area (Å²) >= 11 is 0. The summed E-state index contributed by atoms with van der Waals surface area (Å²) in [4.78, 5) is 18.6. The zero-order valence-corrected chi connectivity index (χ0v) is 18.9. The van der Waals surface area contributed by atoms with Crippen molar-refractivity contribution in [2.24, 2.45) is 16.6 Å². The fourth-order valence-corrected chi connectivity index (χ4v) is 3.97. The van der Waals surface area contributed by atoms with Crippen molar-refractivity contribution in [1.29, 1.82) is 0 Å². The molecule has 1 amide bonds. The fourth-order valence-electron chi connectivity index (χ4n) is 3.97. The Labute approximate surface area is 185 Å². The molecule has 3 rings (SSSR count). The lowest BCUT2D eigenvalue weighted by Crippen LogP contribution is -2.40. The standard InChI is InChI=1S/C24H35N5O2/c1-4-26-24(28-18(3)22-11-10-17(2)31-22)27-14-19-7-5-8-20(13-19)15-29-12-6-9-21(16-29)23(25)30/h5,7-8,10-11,13,18,21H,4,6,9,12,14-16H2,1-3H3,(H2,25,30)(H2,26,27,28). The highest BCUT2D eigenvalue weighted by Gasteiger charge is 2.23. The van der Waals surface area contributed by atoms with Gasteiger partial charge in [-0.25, -0.2) is 4.99 Å². The van der Waals surface area contributed by atoms with Gasteiger partial charge in [0, 0.05) is 19.6 Å². The first-order valence-electron chi connectivity index (χ1n) is 11.1. The second-order valence-electron chi connectivity index (χ2n) is 8.31. The van der Waals surface area contributed by atoms with E-state index in [4.69, 9.17) is 15.1 Å². The normalized spacial score (nSPS) is 18.5. The van der Waals surface area contributed by atoms with Crippen LogP contribution in [0.1, 0.15) is 55.4 Å². The molecule has 1 aromatic carbocycles. The van der Waals surface area contributed by atoms with Gasteiger partial charge in [0.1, 0.15) is 11.5 Å². The Balaban J connectivity index is 1.61. The topological polar surface area (TPSA) is 95.9 Å². The minimum Gasteiger partial charge on any atom is -0.464 e. The molecule has 31 heavy (non-hydrogen) atoms. The number of nitrogens with two attached hydrogens (primary N) is 1. The van der Waals surface area contributed by atoms with Crippen LogP contribution in [0.3, 0.4) is 0 Å². The van der Waals surface area contributed by atoms with Crippen LogP contribution in [-0.4, -0.2) is 36.4 Å². The Hall–Kier alpha value is -2.80. The maximum absolute atomic E-state index is 11.5. The molecule has 0 saturated carbocycles. The molecule has 0 bridgehead atoms. The summed E-state index contributed by atoms with van der Waals surface area (Å²) in [6, 6.07) is 12.5. The molecule has 4 N–H and O–H groups in total.